The predicted molar refractivity (Wildman–Crippen MR) is 73.9 cm³/mol. The quantitative estimate of drug-likeness (QED) is 0.871. The molecule has 1 fully saturated rings. The fourth-order valence-electron chi connectivity index (χ4n) is 2.55. The van der Waals surface area contributed by atoms with Crippen LogP contribution < -0.4 is 4.90 Å². The first-order chi connectivity index (χ1) is 8.85. The fourth-order valence-corrected chi connectivity index (χ4v) is 2.55. The molecule has 2 rings (SSSR count). The van der Waals surface area contributed by atoms with Crippen LogP contribution in [0, 0.1) is 0 Å². The summed E-state index contributed by atoms with van der Waals surface area (Å²) in [6.45, 7) is 6.88. The molecule has 1 atom stereocenters. The second kappa shape index (κ2) is 4.81. The molecule has 2 heterocycles. The number of aromatic nitrogens is 1. The lowest BCUT2D eigenvalue weighted by Gasteiger charge is -2.46. The van der Waals surface area contributed by atoms with Crippen molar-refractivity contribution in [1.29, 1.82) is 0 Å². The Hall–Kier alpha value is -1.62. The lowest BCUT2D eigenvalue weighted by Crippen LogP contribution is -2.62. The van der Waals surface area contributed by atoms with Gasteiger partial charge in [-0.25, -0.2) is 4.98 Å². The summed E-state index contributed by atoms with van der Waals surface area (Å²) in [5.74, 6) is 0.768. The molecule has 0 saturated carbocycles. The van der Waals surface area contributed by atoms with E-state index in [2.05, 4.69) is 4.98 Å². The molecule has 0 spiro atoms. The van der Waals surface area contributed by atoms with Crippen LogP contribution in [0.3, 0.4) is 0 Å². The van der Waals surface area contributed by atoms with Crippen LogP contribution in [0.15, 0.2) is 18.3 Å². The number of pyridine rings is 1. The van der Waals surface area contributed by atoms with Gasteiger partial charge < -0.3 is 14.9 Å². The van der Waals surface area contributed by atoms with Gasteiger partial charge in [0, 0.05) is 31.9 Å². The highest BCUT2D eigenvalue weighted by atomic mass is 16.3. The SMILES string of the molecule is C[C@H](O)c1cccnc1N1CCN(C)C(=O)C1(C)C. The van der Waals surface area contributed by atoms with Crippen molar-refractivity contribution in [2.45, 2.75) is 32.4 Å². The fraction of sp³-hybridized carbons (Fsp3) is 0.571. The van der Waals surface area contributed by atoms with Crippen molar-refractivity contribution in [2.75, 3.05) is 25.0 Å². The minimum absolute atomic E-state index is 0.0703. The molecule has 1 saturated heterocycles. The third-order valence-electron chi connectivity index (χ3n) is 3.73. The molecule has 5 heteroatoms. The van der Waals surface area contributed by atoms with E-state index in [1.54, 1.807) is 24.1 Å². The summed E-state index contributed by atoms with van der Waals surface area (Å²) in [5, 5.41) is 9.86. The van der Waals surface area contributed by atoms with E-state index in [0.29, 0.717) is 18.9 Å². The van der Waals surface area contributed by atoms with Gasteiger partial charge in [0.1, 0.15) is 11.4 Å². The molecular formula is C14H21N3O2. The number of piperazine rings is 1. The third-order valence-corrected chi connectivity index (χ3v) is 3.73. The summed E-state index contributed by atoms with van der Waals surface area (Å²) < 4.78 is 0. The van der Waals surface area contributed by atoms with E-state index in [1.807, 2.05) is 31.9 Å². The van der Waals surface area contributed by atoms with Crippen molar-refractivity contribution in [1.82, 2.24) is 9.88 Å². The molecule has 0 aliphatic carbocycles. The number of aliphatic hydroxyl groups is 1. The standard InChI is InChI=1S/C14H21N3O2/c1-10(18)11-6-5-7-15-12(11)17-9-8-16(4)13(19)14(17,2)3/h5-7,10,18H,8-9H2,1-4H3/t10-/m0/s1. The molecule has 1 aromatic heterocycles. The lowest BCUT2D eigenvalue weighted by molar-refractivity contribution is -0.136. The van der Waals surface area contributed by atoms with Gasteiger partial charge in [-0.2, -0.15) is 0 Å². The van der Waals surface area contributed by atoms with Gasteiger partial charge in [0.25, 0.3) is 0 Å². The van der Waals surface area contributed by atoms with Gasteiger partial charge in [0.15, 0.2) is 0 Å². The molecule has 104 valence electrons. The highest BCUT2D eigenvalue weighted by Crippen LogP contribution is 2.31. The van der Waals surface area contributed by atoms with Crippen molar-refractivity contribution in [3.63, 3.8) is 0 Å². The number of hydrogen-bond donors (Lipinski definition) is 1. The van der Waals surface area contributed by atoms with Gasteiger partial charge in [0.05, 0.1) is 6.10 Å². The van der Waals surface area contributed by atoms with Crippen molar-refractivity contribution in [2.24, 2.45) is 0 Å². The maximum atomic E-state index is 12.3. The zero-order chi connectivity index (χ0) is 14.2. The maximum absolute atomic E-state index is 12.3. The van der Waals surface area contributed by atoms with Crippen LogP contribution >= 0.6 is 0 Å². The summed E-state index contributed by atoms with van der Waals surface area (Å²) in [6, 6.07) is 3.66. The highest BCUT2D eigenvalue weighted by molar-refractivity contribution is 5.90. The molecule has 0 unspecified atom stereocenters. The first-order valence-electron chi connectivity index (χ1n) is 6.52. The lowest BCUT2D eigenvalue weighted by atomic mass is 9.96. The van der Waals surface area contributed by atoms with Crippen LogP contribution in [0.25, 0.3) is 0 Å². The van der Waals surface area contributed by atoms with Crippen molar-refractivity contribution in [3.05, 3.63) is 23.9 Å². The number of amides is 1. The van der Waals surface area contributed by atoms with E-state index in [-0.39, 0.29) is 5.91 Å². The molecule has 1 aliphatic heterocycles. The molecule has 0 bridgehead atoms. The van der Waals surface area contributed by atoms with E-state index in [9.17, 15) is 9.90 Å². The monoisotopic (exact) mass is 263 g/mol. The average molecular weight is 263 g/mol. The Morgan fingerprint density at radius 1 is 1.42 bits per heavy atom. The van der Waals surface area contributed by atoms with Crippen LogP contribution in [-0.2, 0) is 4.79 Å². The Bertz CT molecular complexity index is 485. The minimum Gasteiger partial charge on any atom is -0.389 e. The van der Waals surface area contributed by atoms with Crippen LogP contribution in [0.4, 0.5) is 5.82 Å². The van der Waals surface area contributed by atoms with E-state index in [4.69, 9.17) is 0 Å². The van der Waals surface area contributed by atoms with Crippen molar-refractivity contribution >= 4 is 11.7 Å². The number of carbonyl (C=O) groups is 1. The molecule has 1 amide bonds. The van der Waals surface area contributed by atoms with Crippen molar-refractivity contribution in [3.8, 4) is 0 Å². The van der Waals surface area contributed by atoms with Crippen LogP contribution in [0.1, 0.15) is 32.4 Å². The second-order valence-corrected chi connectivity index (χ2v) is 5.53. The van der Waals surface area contributed by atoms with E-state index >= 15 is 0 Å². The number of aliphatic hydroxyl groups excluding tert-OH is 1. The largest absolute Gasteiger partial charge is 0.389 e. The van der Waals surface area contributed by atoms with Gasteiger partial charge in [0.2, 0.25) is 5.91 Å². The smallest absolute Gasteiger partial charge is 0.247 e. The normalized spacial score (nSPS) is 20.6. The molecule has 1 aromatic rings. The maximum Gasteiger partial charge on any atom is 0.247 e. The van der Waals surface area contributed by atoms with Gasteiger partial charge >= 0.3 is 0 Å². The summed E-state index contributed by atoms with van der Waals surface area (Å²) in [5.41, 5.74) is 0.110. The predicted octanol–water partition coefficient (Wildman–Crippen LogP) is 1.19. The molecule has 5 nitrogen and oxygen atoms in total. The molecule has 19 heavy (non-hydrogen) atoms. The van der Waals surface area contributed by atoms with Crippen LogP contribution in [0.5, 0.6) is 0 Å². The Labute approximate surface area is 113 Å². The van der Waals surface area contributed by atoms with E-state index in [1.165, 1.54) is 0 Å². The average Bonchev–Trinajstić information content (AvgIpc) is 2.36. The topological polar surface area (TPSA) is 56.7 Å². The summed E-state index contributed by atoms with van der Waals surface area (Å²) in [4.78, 5) is 20.4. The van der Waals surface area contributed by atoms with Crippen molar-refractivity contribution < 1.29 is 9.90 Å². The molecule has 0 aromatic carbocycles. The number of likely N-dealkylation sites (N-methyl/N-ethyl adjacent to an activating group) is 1. The van der Waals surface area contributed by atoms with Crippen LogP contribution in [0.2, 0.25) is 0 Å². The molecular weight excluding hydrogens is 242 g/mol. The summed E-state index contributed by atoms with van der Waals surface area (Å²) in [6.07, 6.45) is 1.09. The number of carbonyl (C=O) groups excluding carboxylic acids is 1. The Morgan fingerprint density at radius 3 is 2.74 bits per heavy atom. The highest BCUT2D eigenvalue weighted by Gasteiger charge is 2.41. The van der Waals surface area contributed by atoms with Gasteiger partial charge in [-0.3, -0.25) is 4.79 Å². The number of nitrogens with zero attached hydrogens (tertiary/aromatic N) is 3. The summed E-state index contributed by atoms with van der Waals surface area (Å²) >= 11 is 0. The minimum atomic E-state index is -0.648. The second-order valence-electron chi connectivity index (χ2n) is 5.53. The summed E-state index contributed by atoms with van der Waals surface area (Å²) in [7, 11) is 1.81. The zero-order valence-corrected chi connectivity index (χ0v) is 11.9. The van der Waals surface area contributed by atoms with E-state index < -0.39 is 11.6 Å². The number of anilines is 1. The molecule has 1 aliphatic rings. The Balaban J connectivity index is 2.44. The Morgan fingerprint density at radius 2 is 2.11 bits per heavy atom. The van der Waals surface area contributed by atoms with Gasteiger partial charge in [-0.1, -0.05) is 6.07 Å². The zero-order valence-electron chi connectivity index (χ0n) is 11.9. The third kappa shape index (κ3) is 2.30. The molecule has 0 radical (unpaired) electrons. The van der Waals surface area contributed by atoms with E-state index in [0.717, 1.165) is 5.56 Å². The van der Waals surface area contributed by atoms with Gasteiger partial charge in [-0.15, -0.1) is 0 Å². The molecule has 1 N–H and O–H groups in total. The first-order valence-corrected chi connectivity index (χ1v) is 6.52. The number of rotatable bonds is 2. The Kier molecular flexibility index (Phi) is 3.49. The van der Waals surface area contributed by atoms with Crippen LogP contribution in [-0.4, -0.2) is 46.6 Å². The first kappa shape index (κ1) is 13.8. The van der Waals surface area contributed by atoms with Gasteiger partial charge in [-0.05, 0) is 26.8 Å². The number of hydrogen-bond acceptors (Lipinski definition) is 4.